The maximum atomic E-state index is 12.6. The number of benzene rings is 2. The van der Waals surface area contributed by atoms with E-state index < -0.39 is 5.60 Å². The highest BCUT2D eigenvalue weighted by atomic mass is 16.6. The molecular formula is C28H36N4O2. The average Bonchev–Trinajstić information content (AvgIpc) is 3.33. The van der Waals surface area contributed by atoms with Crippen molar-refractivity contribution in [3.8, 4) is 0 Å². The van der Waals surface area contributed by atoms with Crippen LogP contribution in [-0.2, 0) is 4.74 Å². The zero-order valence-corrected chi connectivity index (χ0v) is 20.5. The number of aromatic nitrogens is 2. The van der Waals surface area contributed by atoms with E-state index in [0.29, 0.717) is 18.1 Å². The fraction of sp³-hybridized carbons (Fsp3) is 0.500. The van der Waals surface area contributed by atoms with Crippen molar-refractivity contribution in [2.45, 2.75) is 82.6 Å². The van der Waals surface area contributed by atoms with Crippen LogP contribution in [0.15, 0.2) is 60.9 Å². The molecule has 1 amide bonds. The number of hydrogen-bond donors (Lipinski definition) is 1. The van der Waals surface area contributed by atoms with Gasteiger partial charge in [0.2, 0.25) is 0 Å². The number of imidazole rings is 1. The molecule has 5 rings (SSSR count). The molecule has 0 aliphatic carbocycles. The predicted octanol–water partition coefficient (Wildman–Crippen LogP) is 5.86. The zero-order chi connectivity index (χ0) is 23.7. The summed E-state index contributed by atoms with van der Waals surface area (Å²) in [4.78, 5) is 19.9. The predicted molar refractivity (Wildman–Crippen MR) is 135 cm³/mol. The van der Waals surface area contributed by atoms with Crippen molar-refractivity contribution in [3.05, 3.63) is 66.5 Å². The number of amides is 1. The SMILES string of the molecule is CC(C)(C)OC(=O)N[C@@H](CCN1C2CCC1CC(n1cnc3ccccc31)C2)c1ccccc1. The number of hydrogen-bond acceptors (Lipinski definition) is 4. The van der Waals surface area contributed by atoms with Gasteiger partial charge in [0.1, 0.15) is 5.60 Å². The molecular weight excluding hydrogens is 424 g/mol. The Labute approximate surface area is 202 Å². The van der Waals surface area contributed by atoms with E-state index in [4.69, 9.17) is 4.74 Å². The molecule has 0 saturated carbocycles. The van der Waals surface area contributed by atoms with E-state index in [1.807, 2.05) is 45.3 Å². The van der Waals surface area contributed by atoms with Crippen LogP contribution in [0.2, 0.25) is 0 Å². The third kappa shape index (κ3) is 4.97. The first kappa shape index (κ1) is 22.9. The summed E-state index contributed by atoms with van der Waals surface area (Å²) in [7, 11) is 0. The van der Waals surface area contributed by atoms with Gasteiger partial charge in [-0.15, -0.1) is 0 Å². The fourth-order valence-electron chi connectivity index (χ4n) is 5.84. The van der Waals surface area contributed by atoms with Crippen molar-refractivity contribution in [1.82, 2.24) is 19.8 Å². The van der Waals surface area contributed by atoms with E-state index in [1.54, 1.807) is 0 Å². The van der Waals surface area contributed by atoms with Crippen LogP contribution in [-0.4, -0.2) is 44.8 Å². The summed E-state index contributed by atoms with van der Waals surface area (Å²) < 4.78 is 7.95. The first-order chi connectivity index (χ1) is 16.4. The van der Waals surface area contributed by atoms with Crippen LogP contribution in [0.4, 0.5) is 4.79 Å². The Morgan fingerprint density at radius 1 is 1.03 bits per heavy atom. The Balaban J connectivity index is 1.26. The number of carbonyl (C=O) groups excluding carboxylic acids is 1. The first-order valence-electron chi connectivity index (χ1n) is 12.6. The van der Waals surface area contributed by atoms with Crippen LogP contribution >= 0.6 is 0 Å². The lowest BCUT2D eigenvalue weighted by atomic mass is 9.95. The van der Waals surface area contributed by atoms with Gasteiger partial charge >= 0.3 is 6.09 Å². The number of fused-ring (bicyclic) bond motifs is 3. The number of alkyl carbamates (subject to hydrolysis) is 1. The average molecular weight is 461 g/mol. The normalized spacial score (nSPS) is 23.7. The first-order valence-corrected chi connectivity index (χ1v) is 12.6. The van der Waals surface area contributed by atoms with Crippen molar-refractivity contribution in [3.63, 3.8) is 0 Å². The van der Waals surface area contributed by atoms with Gasteiger partial charge < -0.3 is 14.6 Å². The van der Waals surface area contributed by atoms with Crippen LogP contribution < -0.4 is 5.32 Å². The molecule has 2 saturated heterocycles. The van der Waals surface area contributed by atoms with Crippen molar-refractivity contribution < 1.29 is 9.53 Å². The molecule has 180 valence electrons. The molecule has 2 aliphatic heterocycles. The van der Waals surface area contributed by atoms with Gasteiger partial charge in [-0.2, -0.15) is 0 Å². The number of para-hydroxylation sites is 2. The van der Waals surface area contributed by atoms with Gasteiger partial charge in [0.25, 0.3) is 0 Å². The van der Waals surface area contributed by atoms with Gasteiger partial charge in [0, 0.05) is 24.7 Å². The summed E-state index contributed by atoms with van der Waals surface area (Å²) in [5, 5.41) is 3.13. The second-order valence-electron chi connectivity index (χ2n) is 10.8. The highest BCUT2D eigenvalue weighted by Gasteiger charge is 2.41. The van der Waals surface area contributed by atoms with Crippen molar-refractivity contribution in [2.24, 2.45) is 0 Å². The van der Waals surface area contributed by atoms with E-state index in [1.165, 1.54) is 18.4 Å². The molecule has 1 N–H and O–H groups in total. The molecule has 3 heterocycles. The Morgan fingerprint density at radius 3 is 2.41 bits per heavy atom. The summed E-state index contributed by atoms with van der Waals surface area (Å²) >= 11 is 0. The molecule has 2 fully saturated rings. The topological polar surface area (TPSA) is 59.4 Å². The second-order valence-corrected chi connectivity index (χ2v) is 10.8. The summed E-state index contributed by atoms with van der Waals surface area (Å²) in [5.74, 6) is 0. The van der Waals surface area contributed by atoms with Crippen molar-refractivity contribution in [1.29, 1.82) is 0 Å². The minimum Gasteiger partial charge on any atom is -0.444 e. The molecule has 6 heteroatoms. The number of nitrogens with zero attached hydrogens (tertiary/aromatic N) is 3. The number of rotatable bonds is 6. The molecule has 2 bridgehead atoms. The van der Waals surface area contributed by atoms with Gasteiger partial charge in [-0.25, -0.2) is 9.78 Å². The van der Waals surface area contributed by atoms with E-state index >= 15 is 0 Å². The number of carbonyl (C=O) groups is 1. The Morgan fingerprint density at radius 2 is 1.71 bits per heavy atom. The molecule has 0 spiro atoms. The Hall–Kier alpha value is -2.86. The molecule has 2 unspecified atom stereocenters. The highest BCUT2D eigenvalue weighted by molar-refractivity contribution is 5.75. The van der Waals surface area contributed by atoms with Gasteiger partial charge in [-0.05, 0) is 70.6 Å². The van der Waals surface area contributed by atoms with E-state index in [0.717, 1.165) is 36.9 Å². The molecule has 2 aliphatic rings. The quantitative estimate of drug-likeness (QED) is 0.500. The summed E-state index contributed by atoms with van der Waals surface area (Å²) in [6, 6.07) is 20.3. The minimum atomic E-state index is -0.510. The maximum absolute atomic E-state index is 12.6. The van der Waals surface area contributed by atoms with Crippen LogP contribution in [0, 0.1) is 0 Å². The summed E-state index contributed by atoms with van der Waals surface area (Å²) in [6.07, 6.45) is 7.37. The number of nitrogens with one attached hydrogen (secondary N) is 1. The Bertz CT molecular complexity index is 1110. The third-order valence-electron chi connectivity index (χ3n) is 7.30. The maximum Gasteiger partial charge on any atom is 0.408 e. The monoisotopic (exact) mass is 460 g/mol. The van der Waals surface area contributed by atoms with Crippen LogP contribution in [0.5, 0.6) is 0 Å². The third-order valence-corrected chi connectivity index (χ3v) is 7.30. The minimum absolute atomic E-state index is 0.0641. The molecule has 2 aromatic carbocycles. The van der Waals surface area contributed by atoms with E-state index in [9.17, 15) is 4.79 Å². The molecule has 0 radical (unpaired) electrons. The molecule has 6 nitrogen and oxygen atoms in total. The lowest BCUT2D eigenvalue weighted by Crippen LogP contribution is -2.45. The number of ether oxygens (including phenoxy) is 1. The van der Waals surface area contributed by atoms with Crippen LogP contribution in [0.1, 0.15) is 70.5 Å². The Kier molecular flexibility index (Phi) is 6.34. The van der Waals surface area contributed by atoms with Crippen LogP contribution in [0.3, 0.4) is 0 Å². The fourth-order valence-corrected chi connectivity index (χ4v) is 5.84. The molecule has 3 atom stereocenters. The van der Waals surface area contributed by atoms with Crippen molar-refractivity contribution in [2.75, 3.05) is 6.54 Å². The van der Waals surface area contributed by atoms with Crippen LogP contribution in [0.25, 0.3) is 11.0 Å². The lowest BCUT2D eigenvalue weighted by molar-refractivity contribution is 0.0489. The van der Waals surface area contributed by atoms with Gasteiger partial charge in [-0.1, -0.05) is 42.5 Å². The molecule has 1 aromatic heterocycles. The van der Waals surface area contributed by atoms with E-state index in [2.05, 4.69) is 56.2 Å². The summed E-state index contributed by atoms with van der Waals surface area (Å²) in [6.45, 7) is 6.67. The number of piperidine rings is 1. The molecule has 34 heavy (non-hydrogen) atoms. The van der Waals surface area contributed by atoms with Crippen molar-refractivity contribution >= 4 is 17.1 Å². The van der Waals surface area contributed by atoms with Gasteiger partial charge in [-0.3, -0.25) is 4.90 Å². The lowest BCUT2D eigenvalue weighted by Gasteiger charge is -2.40. The van der Waals surface area contributed by atoms with E-state index in [-0.39, 0.29) is 12.1 Å². The standard InChI is InChI=1S/C28H36N4O2/c1-28(2,3)34-27(33)30-24(20-9-5-4-6-10-20)15-16-31-21-13-14-22(31)18-23(17-21)32-19-29-25-11-7-8-12-26(25)32/h4-12,19,21-24H,13-18H2,1-3H3,(H,30,33)/t21?,22?,23?,24-/m0/s1. The van der Waals surface area contributed by atoms with Gasteiger partial charge in [0.05, 0.1) is 23.4 Å². The largest absolute Gasteiger partial charge is 0.444 e. The van der Waals surface area contributed by atoms with Gasteiger partial charge in [0.15, 0.2) is 0 Å². The smallest absolute Gasteiger partial charge is 0.408 e. The zero-order valence-electron chi connectivity index (χ0n) is 20.5. The second kappa shape index (κ2) is 9.41. The highest BCUT2D eigenvalue weighted by Crippen LogP contribution is 2.42. The molecule has 3 aromatic rings. The summed E-state index contributed by atoms with van der Waals surface area (Å²) in [5.41, 5.74) is 2.94.